The zero-order chi connectivity index (χ0) is 19.7. The van der Waals surface area contributed by atoms with Crippen LogP contribution < -0.4 is 9.47 Å². The van der Waals surface area contributed by atoms with Gasteiger partial charge in [-0.05, 0) is 55.0 Å². The molecule has 1 heterocycles. The maximum atomic E-state index is 13.3. The number of halogens is 1. The lowest BCUT2D eigenvalue weighted by molar-refractivity contribution is 0.0734. The summed E-state index contributed by atoms with van der Waals surface area (Å²) in [5.74, 6) is -0.563. The summed E-state index contributed by atoms with van der Waals surface area (Å²) in [5.41, 5.74) is 2.34. The molecule has 0 unspecified atom stereocenters. The van der Waals surface area contributed by atoms with Crippen molar-refractivity contribution in [2.75, 3.05) is 0 Å². The van der Waals surface area contributed by atoms with Crippen molar-refractivity contribution in [1.82, 2.24) is 0 Å². The Labute approximate surface area is 160 Å². The third kappa shape index (κ3) is 3.55. The minimum absolute atomic E-state index is 0.0858. The molecule has 3 aromatic carbocycles. The first-order chi connectivity index (χ1) is 13.5. The van der Waals surface area contributed by atoms with Gasteiger partial charge in [0.05, 0.1) is 11.1 Å². The normalized spacial score (nSPS) is 13.9. The summed E-state index contributed by atoms with van der Waals surface area (Å²) in [6.45, 7) is 1.93. The van der Waals surface area contributed by atoms with Crippen molar-refractivity contribution in [3.8, 4) is 11.5 Å². The number of hydrogen-bond donors (Lipinski definition) is 0. The number of Topliss-reactive ketones (excluding diaryl/α,β-unsaturated/α-hetero) is 1. The number of aryl methyl sites for hydroxylation is 1. The Kier molecular flexibility index (Phi) is 4.49. The minimum atomic E-state index is -0.500. The molecule has 0 aliphatic carbocycles. The smallest absolute Gasteiger partial charge is 0.343 e. The molecule has 4 nitrogen and oxygen atoms in total. The zero-order valence-electron chi connectivity index (χ0n) is 14.9. The topological polar surface area (TPSA) is 52.6 Å². The first kappa shape index (κ1) is 17.7. The summed E-state index contributed by atoms with van der Waals surface area (Å²) in [6, 6.07) is 17.4. The van der Waals surface area contributed by atoms with Crippen LogP contribution >= 0.6 is 0 Å². The van der Waals surface area contributed by atoms with Gasteiger partial charge in [-0.2, -0.15) is 0 Å². The SMILES string of the molecule is Cc1ccc(C(=O)Oc2ccc3c(c2)O/C(=C\c2cccc(F)c2)C3=O)cc1. The number of ether oxygens (including phenoxy) is 2. The molecule has 3 aromatic rings. The largest absolute Gasteiger partial charge is 0.452 e. The van der Waals surface area contributed by atoms with E-state index in [2.05, 4.69) is 0 Å². The molecule has 0 aromatic heterocycles. The van der Waals surface area contributed by atoms with E-state index in [0.29, 0.717) is 22.4 Å². The van der Waals surface area contributed by atoms with Gasteiger partial charge in [-0.25, -0.2) is 9.18 Å². The van der Waals surface area contributed by atoms with E-state index in [1.165, 1.54) is 30.3 Å². The van der Waals surface area contributed by atoms with Crippen LogP contribution in [0.5, 0.6) is 11.5 Å². The molecule has 0 radical (unpaired) electrons. The fourth-order valence-corrected chi connectivity index (χ4v) is 2.83. The lowest BCUT2D eigenvalue weighted by Crippen LogP contribution is -2.08. The zero-order valence-corrected chi connectivity index (χ0v) is 14.9. The lowest BCUT2D eigenvalue weighted by atomic mass is 10.1. The van der Waals surface area contributed by atoms with Gasteiger partial charge in [-0.1, -0.05) is 29.8 Å². The number of allylic oxidation sites excluding steroid dienone is 1. The molecule has 5 heteroatoms. The van der Waals surface area contributed by atoms with Gasteiger partial charge < -0.3 is 9.47 Å². The molecule has 28 heavy (non-hydrogen) atoms. The molecular formula is C23H15FO4. The van der Waals surface area contributed by atoms with E-state index in [1.807, 2.05) is 19.1 Å². The molecule has 0 saturated heterocycles. The second kappa shape index (κ2) is 7.12. The van der Waals surface area contributed by atoms with Gasteiger partial charge in [0.25, 0.3) is 0 Å². The van der Waals surface area contributed by atoms with Gasteiger partial charge >= 0.3 is 5.97 Å². The predicted molar refractivity (Wildman–Crippen MR) is 102 cm³/mol. The molecule has 0 saturated carbocycles. The van der Waals surface area contributed by atoms with Gasteiger partial charge in [0.15, 0.2) is 5.76 Å². The lowest BCUT2D eigenvalue weighted by Gasteiger charge is -2.06. The molecule has 0 fully saturated rings. The van der Waals surface area contributed by atoms with Crippen LogP contribution in [-0.4, -0.2) is 11.8 Å². The van der Waals surface area contributed by atoms with Gasteiger partial charge in [-0.3, -0.25) is 4.79 Å². The van der Waals surface area contributed by atoms with Crippen LogP contribution in [0.1, 0.15) is 31.8 Å². The summed E-state index contributed by atoms with van der Waals surface area (Å²) in [7, 11) is 0. The molecule has 138 valence electrons. The van der Waals surface area contributed by atoms with E-state index >= 15 is 0 Å². The highest BCUT2D eigenvalue weighted by molar-refractivity contribution is 6.14. The molecule has 1 aliphatic heterocycles. The first-order valence-corrected chi connectivity index (χ1v) is 8.62. The Hall–Kier alpha value is -3.73. The van der Waals surface area contributed by atoms with Crippen molar-refractivity contribution < 1.29 is 23.5 Å². The number of benzene rings is 3. The number of carbonyl (C=O) groups is 2. The van der Waals surface area contributed by atoms with E-state index in [1.54, 1.807) is 30.3 Å². The van der Waals surface area contributed by atoms with E-state index in [4.69, 9.17) is 9.47 Å². The number of fused-ring (bicyclic) bond motifs is 1. The van der Waals surface area contributed by atoms with Gasteiger partial charge in [0.1, 0.15) is 17.3 Å². The summed E-state index contributed by atoms with van der Waals surface area (Å²) >= 11 is 0. The second-order valence-corrected chi connectivity index (χ2v) is 6.41. The molecule has 0 amide bonds. The van der Waals surface area contributed by atoms with Crippen molar-refractivity contribution in [1.29, 1.82) is 0 Å². The standard InChI is InChI=1S/C23H15FO4/c1-14-5-7-16(8-6-14)23(26)27-18-9-10-19-20(13-18)28-21(22(19)25)12-15-3-2-4-17(24)11-15/h2-13H,1H3/b21-12-. The number of hydrogen-bond acceptors (Lipinski definition) is 4. The van der Waals surface area contributed by atoms with Crippen molar-refractivity contribution in [2.24, 2.45) is 0 Å². The van der Waals surface area contributed by atoms with Gasteiger partial charge in [0, 0.05) is 6.07 Å². The third-order valence-corrected chi connectivity index (χ3v) is 4.29. The summed E-state index contributed by atoms with van der Waals surface area (Å²) in [4.78, 5) is 24.7. The maximum Gasteiger partial charge on any atom is 0.343 e. The van der Waals surface area contributed by atoms with Gasteiger partial charge in [-0.15, -0.1) is 0 Å². The number of rotatable bonds is 3. The highest BCUT2D eigenvalue weighted by Crippen LogP contribution is 2.35. The average Bonchev–Trinajstić information content (AvgIpc) is 2.97. The van der Waals surface area contributed by atoms with E-state index in [9.17, 15) is 14.0 Å². The van der Waals surface area contributed by atoms with Gasteiger partial charge in [0.2, 0.25) is 5.78 Å². The van der Waals surface area contributed by atoms with Crippen LogP contribution in [0, 0.1) is 12.7 Å². The molecule has 0 spiro atoms. The molecule has 0 N–H and O–H groups in total. The van der Waals surface area contributed by atoms with Crippen LogP contribution in [0.4, 0.5) is 4.39 Å². The quantitative estimate of drug-likeness (QED) is 0.369. The average molecular weight is 374 g/mol. The van der Waals surface area contributed by atoms with Crippen LogP contribution in [0.2, 0.25) is 0 Å². The number of esters is 1. The van der Waals surface area contributed by atoms with Crippen LogP contribution in [0.25, 0.3) is 6.08 Å². The Morgan fingerprint density at radius 3 is 2.57 bits per heavy atom. The van der Waals surface area contributed by atoms with Crippen LogP contribution in [-0.2, 0) is 0 Å². The van der Waals surface area contributed by atoms with E-state index in [-0.39, 0.29) is 17.3 Å². The highest BCUT2D eigenvalue weighted by Gasteiger charge is 2.28. The Balaban J connectivity index is 1.55. The molecular weight excluding hydrogens is 359 g/mol. The van der Waals surface area contributed by atoms with Crippen molar-refractivity contribution >= 4 is 17.8 Å². The Bertz CT molecular complexity index is 1110. The Morgan fingerprint density at radius 1 is 1.04 bits per heavy atom. The van der Waals surface area contributed by atoms with E-state index in [0.717, 1.165) is 5.56 Å². The van der Waals surface area contributed by atoms with Crippen LogP contribution in [0.15, 0.2) is 72.5 Å². The maximum absolute atomic E-state index is 13.3. The molecule has 1 aliphatic rings. The molecule has 4 rings (SSSR count). The fraction of sp³-hybridized carbons (Fsp3) is 0.0435. The second-order valence-electron chi connectivity index (χ2n) is 6.41. The number of ketones is 1. The van der Waals surface area contributed by atoms with Crippen molar-refractivity contribution in [2.45, 2.75) is 6.92 Å². The van der Waals surface area contributed by atoms with Crippen molar-refractivity contribution in [3.63, 3.8) is 0 Å². The van der Waals surface area contributed by atoms with E-state index < -0.39 is 11.8 Å². The predicted octanol–water partition coefficient (Wildman–Crippen LogP) is 4.97. The van der Waals surface area contributed by atoms with Crippen LogP contribution in [0.3, 0.4) is 0 Å². The third-order valence-electron chi connectivity index (χ3n) is 4.29. The monoisotopic (exact) mass is 374 g/mol. The van der Waals surface area contributed by atoms with Crippen molar-refractivity contribution in [3.05, 3.63) is 101 Å². The summed E-state index contributed by atoms with van der Waals surface area (Å²) < 4.78 is 24.3. The number of carbonyl (C=O) groups excluding carboxylic acids is 2. The molecule has 0 atom stereocenters. The fourth-order valence-electron chi connectivity index (χ4n) is 2.83. The molecule has 0 bridgehead atoms. The summed E-state index contributed by atoms with van der Waals surface area (Å²) in [6.07, 6.45) is 1.48. The summed E-state index contributed by atoms with van der Waals surface area (Å²) in [5, 5.41) is 0. The first-order valence-electron chi connectivity index (χ1n) is 8.62. The highest BCUT2D eigenvalue weighted by atomic mass is 19.1. The Morgan fingerprint density at radius 2 is 1.82 bits per heavy atom. The minimum Gasteiger partial charge on any atom is -0.452 e.